The van der Waals surface area contributed by atoms with E-state index in [1.807, 2.05) is 25.1 Å². The number of carbonyl (C=O) groups is 2. The van der Waals surface area contributed by atoms with Gasteiger partial charge in [0.1, 0.15) is 11.4 Å². The Morgan fingerprint density at radius 1 is 1.28 bits per heavy atom. The number of hydrogen-bond acceptors (Lipinski definition) is 4. The van der Waals surface area contributed by atoms with E-state index in [0.29, 0.717) is 18.7 Å². The largest absolute Gasteiger partial charge is 0.497 e. The third kappa shape index (κ3) is 4.37. The van der Waals surface area contributed by atoms with Gasteiger partial charge in [-0.3, -0.25) is 14.5 Å². The van der Waals surface area contributed by atoms with E-state index < -0.39 is 0 Å². The van der Waals surface area contributed by atoms with Crippen molar-refractivity contribution in [1.82, 2.24) is 15.2 Å². The van der Waals surface area contributed by atoms with E-state index in [1.54, 1.807) is 7.11 Å². The maximum absolute atomic E-state index is 13.0. The van der Waals surface area contributed by atoms with Crippen molar-refractivity contribution >= 4 is 11.7 Å². The van der Waals surface area contributed by atoms with Gasteiger partial charge in [-0.05, 0) is 56.1 Å². The first kappa shape index (κ1) is 21.1. The molecule has 1 heterocycles. The van der Waals surface area contributed by atoms with Gasteiger partial charge < -0.3 is 15.0 Å². The number of fused-ring (bicyclic) bond motifs is 1. The molecule has 0 fully saturated rings. The van der Waals surface area contributed by atoms with Crippen LogP contribution in [-0.2, 0) is 6.42 Å². The number of benzene rings is 1. The number of aryl methyl sites for hydroxylation is 1. The maximum atomic E-state index is 13.0. The average Bonchev–Trinajstić information content (AvgIpc) is 3.08. The summed E-state index contributed by atoms with van der Waals surface area (Å²) in [7, 11) is 1.66. The van der Waals surface area contributed by atoms with Crippen LogP contribution in [0.25, 0.3) is 0 Å². The number of nitrogens with one attached hydrogen (secondary N) is 2. The van der Waals surface area contributed by atoms with E-state index >= 15 is 0 Å². The van der Waals surface area contributed by atoms with Gasteiger partial charge in [0.2, 0.25) is 0 Å². The number of rotatable bonds is 8. The van der Waals surface area contributed by atoms with E-state index in [4.69, 9.17) is 4.74 Å². The second-order valence-corrected chi connectivity index (χ2v) is 7.48. The normalized spacial score (nSPS) is 14.6. The lowest BCUT2D eigenvalue weighted by molar-refractivity contribution is 0.0929. The molecule has 2 aromatic rings. The zero-order valence-corrected chi connectivity index (χ0v) is 17.8. The van der Waals surface area contributed by atoms with Crippen LogP contribution >= 0.6 is 0 Å². The van der Waals surface area contributed by atoms with Crippen LogP contribution in [-0.4, -0.2) is 48.3 Å². The Bertz CT molecular complexity index is 883. The predicted octanol–water partition coefficient (Wildman–Crippen LogP) is 3.66. The lowest BCUT2D eigenvalue weighted by Gasteiger charge is -2.30. The van der Waals surface area contributed by atoms with Crippen LogP contribution in [0.3, 0.4) is 0 Å². The predicted molar refractivity (Wildman–Crippen MR) is 114 cm³/mol. The lowest BCUT2D eigenvalue weighted by atomic mass is 9.94. The standard InChI is InChI=1S/C23H31N3O3/c1-5-26(6-2)19(16-9-7-10-17(13-16)29-4)14-24-23(28)22-15(3)21-18(25-22)11-8-12-20(21)27/h7,9-10,13,19,25H,5-6,8,11-12,14H2,1-4H3,(H,24,28)/t19-/m0/s1. The molecule has 3 rings (SSSR count). The van der Waals surface area contributed by atoms with Gasteiger partial charge in [-0.1, -0.05) is 26.0 Å². The van der Waals surface area contributed by atoms with Crippen LogP contribution in [0.15, 0.2) is 24.3 Å². The van der Waals surface area contributed by atoms with Gasteiger partial charge in [0.05, 0.1) is 13.2 Å². The van der Waals surface area contributed by atoms with Crippen molar-refractivity contribution in [2.24, 2.45) is 0 Å². The molecule has 1 aliphatic rings. The Morgan fingerprint density at radius 3 is 2.69 bits per heavy atom. The molecule has 0 spiro atoms. The highest BCUT2D eigenvalue weighted by atomic mass is 16.5. The summed E-state index contributed by atoms with van der Waals surface area (Å²) >= 11 is 0. The summed E-state index contributed by atoms with van der Waals surface area (Å²) in [6.07, 6.45) is 2.22. The molecular formula is C23H31N3O3. The molecule has 0 saturated carbocycles. The van der Waals surface area contributed by atoms with Gasteiger partial charge >= 0.3 is 0 Å². The number of ketones is 1. The fourth-order valence-corrected chi connectivity index (χ4v) is 4.25. The molecule has 1 aliphatic carbocycles. The van der Waals surface area contributed by atoms with E-state index in [1.165, 1.54) is 0 Å². The van der Waals surface area contributed by atoms with Crippen molar-refractivity contribution in [3.05, 3.63) is 52.3 Å². The maximum Gasteiger partial charge on any atom is 0.268 e. The second kappa shape index (κ2) is 9.27. The zero-order chi connectivity index (χ0) is 21.0. The van der Waals surface area contributed by atoms with Crippen molar-refractivity contribution in [2.45, 2.75) is 46.1 Å². The second-order valence-electron chi connectivity index (χ2n) is 7.48. The van der Waals surface area contributed by atoms with Crippen LogP contribution < -0.4 is 10.1 Å². The number of aromatic amines is 1. The molecule has 1 amide bonds. The first-order chi connectivity index (χ1) is 14.0. The van der Waals surface area contributed by atoms with Gasteiger partial charge in [0.15, 0.2) is 5.78 Å². The highest BCUT2D eigenvalue weighted by molar-refractivity contribution is 6.04. The van der Waals surface area contributed by atoms with Crippen molar-refractivity contribution in [2.75, 3.05) is 26.7 Å². The van der Waals surface area contributed by atoms with E-state index in [2.05, 4.69) is 35.1 Å². The molecule has 0 bridgehead atoms. The van der Waals surface area contributed by atoms with E-state index in [0.717, 1.165) is 54.1 Å². The summed E-state index contributed by atoms with van der Waals surface area (Å²) in [6.45, 7) is 8.32. The molecule has 0 unspecified atom stereocenters. The minimum Gasteiger partial charge on any atom is -0.497 e. The highest BCUT2D eigenvalue weighted by Gasteiger charge is 2.27. The molecule has 156 valence electrons. The molecule has 29 heavy (non-hydrogen) atoms. The first-order valence-corrected chi connectivity index (χ1v) is 10.4. The summed E-state index contributed by atoms with van der Waals surface area (Å²) in [5.74, 6) is 0.776. The zero-order valence-electron chi connectivity index (χ0n) is 17.8. The Labute approximate surface area is 172 Å². The number of hydrogen-bond donors (Lipinski definition) is 2. The van der Waals surface area contributed by atoms with Crippen molar-refractivity contribution < 1.29 is 14.3 Å². The molecule has 0 saturated heterocycles. The Morgan fingerprint density at radius 2 is 2.03 bits per heavy atom. The van der Waals surface area contributed by atoms with Gasteiger partial charge in [-0.2, -0.15) is 0 Å². The Kier molecular flexibility index (Phi) is 6.75. The van der Waals surface area contributed by atoms with Gasteiger partial charge in [0, 0.05) is 24.2 Å². The number of H-pyrrole nitrogens is 1. The highest BCUT2D eigenvalue weighted by Crippen LogP contribution is 2.27. The molecule has 1 atom stereocenters. The summed E-state index contributed by atoms with van der Waals surface area (Å²) in [5, 5.41) is 3.08. The first-order valence-electron chi connectivity index (χ1n) is 10.4. The third-order valence-electron chi connectivity index (χ3n) is 5.85. The van der Waals surface area contributed by atoms with E-state index in [9.17, 15) is 9.59 Å². The third-order valence-corrected chi connectivity index (χ3v) is 5.85. The topological polar surface area (TPSA) is 74.4 Å². The molecule has 1 aromatic carbocycles. The molecule has 6 heteroatoms. The van der Waals surface area contributed by atoms with Crippen LogP contribution in [0.4, 0.5) is 0 Å². The molecular weight excluding hydrogens is 366 g/mol. The van der Waals surface area contributed by atoms with E-state index in [-0.39, 0.29) is 17.7 Å². The number of amides is 1. The number of Topliss-reactive ketones (excluding diaryl/α,β-unsaturated/α-hetero) is 1. The fraction of sp³-hybridized carbons (Fsp3) is 0.478. The fourth-order valence-electron chi connectivity index (χ4n) is 4.25. The van der Waals surface area contributed by atoms with Crippen LogP contribution in [0, 0.1) is 6.92 Å². The number of carbonyl (C=O) groups excluding carboxylic acids is 2. The minimum atomic E-state index is -0.162. The summed E-state index contributed by atoms with van der Waals surface area (Å²) in [5.41, 5.74) is 4.00. The van der Waals surface area contributed by atoms with Crippen molar-refractivity contribution in [3.63, 3.8) is 0 Å². The summed E-state index contributed by atoms with van der Waals surface area (Å²) in [6, 6.07) is 8.02. The SMILES string of the molecule is CCN(CC)[C@@H](CNC(=O)c1[nH]c2c(c1C)C(=O)CCC2)c1cccc(OC)c1. The number of ether oxygens (including phenoxy) is 1. The average molecular weight is 398 g/mol. The molecule has 6 nitrogen and oxygen atoms in total. The summed E-state index contributed by atoms with van der Waals surface area (Å²) < 4.78 is 5.38. The Hall–Kier alpha value is -2.60. The van der Waals surface area contributed by atoms with Crippen LogP contribution in [0.2, 0.25) is 0 Å². The van der Waals surface area contributed by atoms with Gasteiger partial charge in [-0.25, -0.2) is 0 Å². The van der Waals surface area contributed by atoms with Gasteiger partial charge in [-0.15, -0.1) is 0 Å². The lowest BCUT2D eigenvalue weighted by Crippen LogP contribution is -2.38. The molecule has 0 aliphatic heterocycles. The van der Waals surface area contributed by atoms with Gasteiger partial charge in [0.25, 0.3) is 5.91 Å². The van der Waals surface area contributed by atoms with Crippen molar-refractivity contribution in [3.8, 4) is 5.75 Å². The Balaban J connectivity index is 1.80. The summed E-state index contributed by atoms with van der Waals surface area (Å²) in [4.78, 5) is 30.7. The smallest absolute Gasteiger partial charge is 0.268 e. The number of nitrogens with zero attached hydrogens (tertiary/aromatic N) is 1. The number of methoxy groups -OCH3 is 1. The number of likely N-dealkylation sites (N-methyl/N-ethyl adjacent to an activating group) is 1. The molecule has 2 N–H and O–H groups in total. The van der Waals surface area contributed by atoms with Crippen LogP contribution in [0.1, 0.15) is 70.4 Å². The monoisotopic (exact) mass is 397 g/mol. The quantitative estimate of drug-likeness (QED) is 0.713. The van der Waals surface area contributed by atoms with Crippen molar-refractivity contribution in [1.29, 1.82) is 0 Å². The molecule has 1 aromatic heterocycles. The minimum absolute atomic E-state index is 0.0376. The number of aromatic nitrogens is 1. The van der Waals surface area contributed by atoms with Crippen LogP contribution in [0.5, 0.6) is 5.75 Å². The molecule has 0 radical (unpaired) electrons.